The van der Waals surface area contributed by atoms with Crippen molar-refractivity contribution in [3.05, 3.63) is 23.8 Å². The maximum atomic E-state index is 10.7. The van der Waals surface area contributed by atoms with Crippen LogP contribution in [0.5, 0.6) is 11.5 Å². The molecule has 0 unspecified atom stereocenters. The molecule has 0 spiro atoms. The first-order chi connectivity index (χ1) is 7.54. The second-order valence-electron chi connectivity index (χ2n) is 3.33. The summed E-state index contributed by atoms with van der Waals surface area (Å²) in [7, 11) is 1.43. The van der Waals surface area contributed by atoms with Crippen LogP contribution in [-0.2, 0) is 0 Å². The molecule has 1 aromatic carbocycles. The molecule has 5 nitrogen and oxygen atoms in total. The maximum absolute atomic E-state index is 10.7. The fourth-order valence-corrected chi connectivity index (χ4v) is 1.13. The van der Waals surface area contributed by atoms with Gasteiger partial charge in [0.15, 0.2) is 11.5 Å². The number of hydrogen-bond acceptors (Lipinski definition) is 4. The maximum Gasteiger partial charge on any atom is 0.335 e. The van der Waals surface area contributed by atoms with Crippen LogP contribution < -0.4 is 9.47 Å². The van der Waals surface area contributed by atoms with Crippen molar-refractivity contribution in [2.45, 2.75) is 13.0 Å². The van der Waals surface area contributed by atoms with E-state index >= 15 is 0 Å². The molecule has 0 bridgehead atoms. The van der Waals surface area contributed by atoms with Gasteiger partial charge in [-0.2, -0.15) is 0 Å². The molecule has 2 N–H and O–H groups in total. The molecule has 1 atom stereocenters. The molecule has 0 heterocycles. The Bertz CT molecular complexity index is 373. The lowest BCUT2D eigenvalue weighted by Crippen LogP contribution is -2.13. The molecule has 16 heavy (non-hydrogen) atoms. The SMILES string of the molecule is COc1cc(C(=O)O)ccc1OC[C@H](C)O. The van der Waals surface area contributed by atoms with E-state index in [0.717, 1.165) is 0 Å². The normalized spacial score (nSPS) is 11.9. The van der Waals surface area contributed by atoms with Crippen LogP contribution in [0.3, 0.4) is 0 Å². The number of aliphatic hydroxyl groups excluding tert-OH is 1. The third-order valence-electron chi connectivity index (χ3n) is 1.89. The first-order valence-electron chi connectivity index (χ1n) is 4.76. The predicted molar refractivity (Wildman–Crippen MR) is 57.1 cm³/mol. The Balaban J connectivity index is 2.89. The monoisotopic (exact) mass is 226 g/mol. The second-order valence-corrected chi connectivity index (χ2v) is 3.33. The van der Waals surface area contributed by atoms with Crippen LogP contribution in [0.2, 0.25) is 0 Å². The zero-order chi connectivity index (χ0) is 12.1. The summed E-state index contributed by atoms with van der Waals surface area (Å²) in [5.74, 6) is -0.283. The largest absolute Gasteiger partial charge is 0.493 e. The van der Waals surface area contributed by atoms with Crippen molar-refractivity contribution >= 4 is 5.97 Å². The highest BCUT2D eigenvalue weighted by molar-refractivity contribution is 5.88. The molecule has 0 amide bonds. The number of hydrogen-bond donors (Lipinski definition) is 2. The van der Waals surface area contributed by atoms with E-state index in [1.165, 1.54) is 25.3 Å². The number of carboxylic acid groups (broad SMARTS) is 1. The molecule has 0 radical (unpaired) electrons. The topological polar surface area (TPSA) is 76.0 Å². The summed E-state index contributed by atoms with van der Waals surface area (Å²) in [5, 5.41) is 17.8. The molecule has 88 valence electrons. The van der Waals surface area contributed by atoms with E-state index in [0.29, 0.717) is 11.5 Å². The summed E-state index contributed by atoms with van der Waals surface area (Å²) in [6.07, 6.45) is -0.594. The lowest BCUT2D eigenvalue weighted by atomic mass is 10.2. The number of carbonyl (C=O) groups is 1. The molecule has 0 aromatic heterocycles. The number of aliphatic hydroxyl groups is 1. The Morgan fingerprint density at radius 2 is 2.12 bits per heavy atom. The van der Waals surface area contributed by atoms with Crippen molar-refractivity contribution in [3.63, 3.8) is 0 Å². The van der Waals surface area contributed by atoms with Gasteiger partial charge in [-0.05, 0) is 25.1 Å². The highest BCUT2D eigenvalue weighted by Crippen LogP contribution is 2.28. The quantitative estimate of drug-likeness (QED) is 0.787. The van der Waals surface area contributed by atoms with Crippen molar-refractivity contribution in [1.82, 2.24) is 0 Å². The van der Waals surface area contributed by atoms with Crippen LogP contribution in [0.25, 0.3) is 0 Å². The molecule has 0 aliphatic heterocycles. The van der Waals surface area contributed by atoms with Crippen molar-refractivity contribution < 1.29 is 24.5 Å². The summed E-state index contributed by atoms with van der Waals surface area (Å²) >= 11 is 0. The van der Waals surface area contributed by atoms with E-state index in [1.807, 2.05) is 0 Å². The van der Waals surface area contributed by atoms with E-state index in [-0.39, 0.29) is 12.2 Å². The van der Waals surface area contributed by atoms with Crippen LogP contribution in [0.4, 0.5) is 0 Å². The van der Waals surface area contributed by atoms with Gasteiger partial charge in [0.2, 0.25) is 0 Å². The van der Waals surface area contributed by atoms with Crippen LogP contribution in [0.1, 0.15) is 17.3 Å². The number of aromatic carboxylic acids is 1. The minimum atomic E-state index is -1.03. The molecule has 0 saturated heterocycles. The average Bonchev–Trinajstić information content (AvgIpc) is 2.25. The molecule has 0 aliphatic carbocycles. The van der Waals surface area contributed by atoms with Gasteiger partial charge >= 0.3 is 5.97 Å². The second kappa shape index (κ2) is 5.37. The third kappa shape index (κ3) is 3.13. The standard InChI is InChI=1S/C11H14O5/c1-7(12)6-16-9-4-3-8(11(13)14)5-10(9)15-2/h3-5,7,12H,6H2,1-2H3,(H,13,14)/t7-/m0/s1. The van der Waals surface area contributed by atoms with Gasteiger partial charge in [-0.15, -0.1) is 0 Å². The zero-order valence-corrected chi connectivity index (χ0v) is 9.14. The van der Waals surface area contributed by atoms with Crippen molar-refractivity contribution in [1.29, 1.82) is 0 Å². The van der Waals surface area contributed by atoms with Crippen LogP contribution >= 0.6 is 0 Å². The van der Waals surface area contributed by atoms with E-state index in [4.69, 9.17) is 19.7 Å². The van der Waals surface area contributed by atoms with E-state index in [1.54, 1.807) is 6.92 Å². The van der Waals surface area contributed by atoms with Gasteiger partial charge in [0.05, 0.1) is 18.8 Å². The summed E-state index contributed by atoms with van der Waals surface area (Å²) in [5.41, 5.74) is 0.126. The van der Waals surface area contributed by atoms with E-state index in [9.17, 15) is 4.79 Å². The lowest BCUT2D eigenvalue weighted by Gasteiger charge is -2.12. The van der Waals surface area contributed by atoms with Crippen molar-refractivity contribution in [3.8, 4) is 11.5 Å². The van der Waals surface area contributed by atoms with Gasteiger partial charge in [0.25, 0.3) is 0 Å². The van der Waals surface area contributed by atoms with Crippen molar-refractivity contribution in [2.24, 2.45) is 0 Å². The zero-order valence-electron chi connectivity index (χ0n) is 9.14. The predicted octanol–water partition coefficient (Wildman–Crippen LogP) is 1.15. The average molecular weight is 226 g/mol. The fourth-order valence-electron chi connectivity index (χ4n) is 1.13. The number of ether oxygens (including phenoxy) is 2. The summed E-state index contributed by atoms with van der Waals surface area (Å²) < 4.78 is 10.3. The molecule has 5 heteroatoms. The Hall–Kier alpha value is -1.75. The third-order valence-corrected chi connectivity index (χ3v) is 1.89. The van der Waals surface area contributed by atoms with Gasteiger partial charge in [-0.1, -0.05) is 0 Å². The molecule has 1 rings (SSSR count). The van der Waals surface area contributed by atoms with E-state index in [2.05, 4.69) is 0 Å². The molecule has 0 aliphatic rings. The van der Waals surface area contributed by atoms with Gasteiger partial charge in [-0.3, -0.25) is 0 Å². The first-order valence-corrected chi connectivity index (χ1v) is 4.76. The minimum absolute atomic E-state index is 0.126. The van der Waals surface area contributed by atoms with E-state index < -0.39 is 12.1 Å². The van der Waals surface area contributed by atoms with Crippen LogP contribution in [-0.4, -0.2) is 36.0 Å². The first kappa shape index (κ1) is 12.3. The summed E-state index contributed by atoms with van der Waals surface area (Å²) in [4.78, 5) is 10.7. The van der Waals surface area contributed by atoms with Crippen LogP contribution in [0.15, 0.2) is 18.2 Å². The smallest absolute Gasteiger partial charge is 0.335 e. The fraction of sp³-hybridized carbons (Fsp3) is 0.364. The highest BCUT2D eigenvalue weighted by atomic mass is 16.5. The molecule has 1 aromatic rings. The van der Waals surface area contributed by atoms with Gasteiger partial charge in [-0.25, -0.2) is 4.79 Å². The molecule has 0 fully saturated rings. The minimum Gasteiger partial charge on any atom is -0.493 e. The Kier molecular flexibility index (Phi) is 4.13. The lowest BCUT2D eigenvalue weighted by molar-refractivity contribution is 0.0696. The van der Waals surface area contributed by atoms with Crippen molar-refractivity contribution in [2.75, 3.05) is 13.7 Å². The van der Waals surface area contributed by atoms with Gasteiger partial charge < -0.3 is 19.7 Å². The summed E-state index contributed by atoms with van der Waals surface area (Å²) in [6.45, 7) is 1.72. The van der Waals surface area contributed by atoms with Gasteiger partial charge in [0, 0.05) is 0 Å². The molecular formula is C11H14O5. The Morgan fingerprint density at radius 3 is 2.62 bits per heavy atom. The number of carboxylic acids is 1. The Labute approximate surface area is 93.2 Å². The molecular weight excluding hydrogens is 212 g/mol. The Morgan fingerprint density at radius 1 is 1.44 bits per heavy atom. The highest BCUT2D eigenvalue weighted by Gasteiger charge is 2.10. The number of methoxy groups -OCH3 is 1. The van der Waals surface area contributed by atoms with Crippen LogP contribution in [0, 0.1) is 0 Å². The molecule has 0 saturated carbocycles. The summed E-state index contributed by atoms with van der Waals surface area (Å²) in [6, 6.07) is 4.30. The number of rotatable bonds is 5. The van der Waals surface area contributed by atoms with Gasteiger partial charge in [0.1, 0.15) is 6.61 Å². The number of benzene rings is 1.